The summed E-state index contributed by atoms with van der Waals surface area (Å²) < 4.78 is 31.7. The highest BCUT2D eigenvalue weighted by Gasteiger charge is 2.27. The molecule has 0 aliphatic rings. The van der Waals surface area contributed by atoms with Gasteiger partial charge in [0.05, 0.1) is 18.4 Å². The van der Waals surface area contributed by atoms with E-state index in [4.69, 9.17) is 9.52 Å². The van der Waals surface area contributed by atoms with Crippen LogP contribution in [0.15, 0.2) is 21.8 Å². The fourth-order valence-electron chi connectivity index (χ4n) is 1.55. The number of sulfonamides is 1. The molecule has 0 fully saturated rings. The number of H-pyrrole nitrogens is 1. The van der Waals surface area contributed by atoms with Gasteiger partial charge >= 0.3 is 5.97 Å². The van der Waals surface area contributed by atoms with Crippen molar-refractivity contribution in [2.45, 2.75) is 24.9 Å². The number of hydrogen-bond donors (Lipinski definition) is 3. The summed E-state index contributed by atoms with van der Waals surface area (Å²) in [5, 5.41) is 14.0. The molecule has 2 aromatic heterocycles. The van der Waals surface area contributed by atoms with Crippen molar-refractivity contribution in [3.63, 3.8) is 0 Å². The number of hydrogen-bond acceptors (Lipinski definition) is 6. The maximum Gasteiger partial charge on any atom is 0.340 e. The van der Waals surface area contributed by atoms with E-state index in [-0.39, 0.29) is 5.89 Å². The van der Waals surface area contributed by atoms with Gasteiger partial charge in [0.1, 0.15) is 11.3 Å². The van der Waals surface area contributed by atoms with Crippen molar-refractivity contribution in [1.29, 1.82) is 0 Å². The van der Waals surface area contributed by atoms with Crippen molar-refractivity contribution in [2.24, 2.45) is 0 Å². The predicted molar refractivity (Wildman–Crippen MR) is 65.5 cm³/mol. The zero-order chi connectivity index (χ0) is 14.9. The summed E-state index contributed by atoms with van der Waals surface area (Å²) in [7, 11) is -4.08. The number of nitrogens with one attached hydrogen (secondary N) is 2. The van der Waals surface area contributed by atoms with Crippen LogP contribution >= 0.6 is 0 Å². The maximum absolute atomic E-state index is 12.1. The number of aromatic nitrogens is 3. The number of aryl methyl sites for hydroxylation is 1. The molecule has 2 aromatic rings. The Kier molecular flexibility index (Phi) is 3.59. The Morgan fingerprint density at radius 2 is 2.20 bits per heavy atom. The van der Waals surface area contributed by atoms with Crippen LogP contribution in [0.1, 0.15) is 35.0 Å². The van der Waals surface area contributed by atoms with Crippen molar-refractivity contribution in [1.82, 2.24) is 19.9 Å². The summed E-state index contributed by atoms with van der Waals surface area (Å²) in [6.45, 7) is 3.20. The van der Waals surface area contributed by atoms with E-state index in [1.807, 2.05) is 0 Å². The molecule has 0 saturated carbocycles. The highest BCUT2D eigenvalue weighted by Crippen LogP contribution is 2.17. The van der Waals surface area contributed by atoms with Crippen molar-refractivity contribution < 1.29 is 22.7 Å². The third-order valence-electron chi connectivity index (χ3n) is 2.45. The van der Waals surface area contributed by atoms with Crippen LogP contribution in [0.4, 0.5) is 0 Å². The molecule has 0 spiro atoms. The average molecular weight is 300 g/mol. The second-order valence-electron chi connectivity index (χ2n) is 4.07. The molecule has 9 nitrogen and oxygen atoms in total. The molecule has 0 radical (unpaired) electrons. The van der Waals surface area contributed by atoms with Gasteiger partial charge < -0.3 is 9.52 Å². The Morgan fingerprint density at radius 1 is 1.50 bits per heavy atom. The van der Waals surface area contributed by atoms with Crippen LogP contribution in [-0.4, -0.2) is 34.7 Å². The lowest BCUT2D eigenvalue weighted by Crippen LogP contribution is -2.28. The number of rotatable bonds is 5. The molecule has 20 heavy (non-hydrogen) atoms. The van der Waals surface area contributed by atoms with E-state index in [0.29, 0.717) is 5.76 Å². The van der Waals surface area contributed by atoms with E-state index in [9.17, 15) is 13.2 Å². The van der Waals surface area contributed by atoms with Gasteiger partial charge in [-0.15, -0.1) is 0 Å². The smallest absolute Gasteiger partial charge is 0.340 e. The van der Waals surface area contributed by atoms with Gasteiger partial charge in [-0.25, -0.2) is 18.2 Å². The molecule has 2 rings (SSSR count). The van der Waals surface area contributed by atoms with Gasteiger partial charge in [-0.1, -0.05) is 0 Å². The molecule has 0 aromatic carbocycles. The van der Waals surface area contributed by atoms with Crippen molar-refractivity contribution in [3.05, 3.63) is 29.6 Å². The number of aromatic carboxylic acids is 1. The molecular weight excluding hydrogens is 288 g/mol. The van der Waals surface area contributed by atoms with Gasteiger partial charge in [0.2, 0.25) is 5.89 Å². The summed E-state index contributed by atoms with van der Waals surface area (Å²) in [6, 6.07) is -0.751. The molecule has 3 N–H and O–H groups in total. The second kappa shape index (κ2) is 5.06. The number of nitrogens with zero attached hydrogens (tertiary/aromatic N) is 2. The molecule has 2 heterocycles. The number of carbonyl (C=O) groups is 1. The normalized spacial score (nSPS) is 13.3. The summed E-state index contributed by atoms with van der Waals surface area (Å²) in [5.74, 6) is -0.667. The SMILES string of the molecule is Cc1cnc(C(C)NS(=O)(=O)c2[nH]ncc2C(=O)O)o1. The van der Waals surface area contributed by atoms with Crippen molar-refractivity contribution in [2.75, 3.05) is 0 Å². The minimum absolute atomic E-state index is 0.183. The minimum atomic E-state index is -4.08. The lowest BCUT2D eigenvalue weighted by molar-refractivity contribution is 0.0692. The van der Waals surface area contributed by atoms with Gasteiger partial charge in [0.25, 0.3) is 10.0 Å². The minimum Gasteiger partial charge on any atom is -0.478 e. The first kappa shape index (κ1) is 14.2. The predicted octanol–water partition coefficient (Wildman–Crippen LogP) is 0.444. The average Bonchev–Trinajstić information content (AvgIpc) is 2.96. The zero-order valence-corrected chi connectivity index (χ0v) is 11.4. The van der Waals surface area contributed by atoms with Crippen LogP contribution in [0.3, 0.4) is 0 Å². The first-order valence-electron chi connectivity index (χ1n) is 5.52. The maximum atomic E-state index is 12.1. The first-order valence-corrected chi connectivity index (χ1v) is 7.01. The molecule has 0 amide bonds. The Balaban J connectivity index is 2.27. The largest absolute Gasteiger partial charge is 0.478 e. The van der Waals surface area contributed by atoms with Crippen LogP contribution < -0.4 is 4.72 Å². The Labute approximate surface area is 114 Å². The van der Waals surface area contributed by atoms with E-state index in [1.165, 1.54) is 13.1 Å². The van der Waals surface area contributed by atoms with E-state index < -0.39 is 32.6 Å². The van der Waals surface area contributed by atoms with Crippen LogP contribution in [0, 0.1) is 6.92 Å². The molecule has 1 atom stereocenters. The molecule has 0 aliphatic heterocycles. The van der Waals surface area contributed by atoms with Gasteiger partial charge in [0, 0.05) is 0 Å². The monoisotopic (exact) mass is 300 g/mol. The lowest BCUT2D eigenvalue weighted by atomic mass is 10.4. The Hall–Kier alpha value is -2.20. The topological polar surface area (TPSA) is 138 Å². The van der Waals surface area contributed by atoms with Gasteiger partial charge in [-0.3, -0.25) is 5.10 Å². The molecule has 0 bridgehead atoms. The quantitative estimate of drug-likeness (QED) is 0.728. The Bertz CT molecular complexity index is 732. The van der Waals surface area contributed by atoms with Gasteiger partial charge in [0.15, 0.2) is 5.03 Å². The Morgan fingerprint density at radius 3 is 2.75 bits per heavy atom. The standard InChI is InChI=1S/C10H12N4O5S/c1-5-3-11-8(19-5)6(2)14-20(17,18)9-7(10(15)16)4-12-13-9/h3-4,6,14H,1-2H3,(H,12,13)(H,15,16). The van der Waals surface area contributed by atoms with E-state index in [2.05, 4.69) is 19.9 Å². The summed E-state index contributed by atoms with van der Waals surface area (Å²) >= 11 is 0. The molecule has 10 heteroatoms. The second-order valence-corrected chi connectivity index (χ2v) is 5.72. The molecule has 108 valence electrons. The fraction of sp³-hybridized carbons (Fsp3) is 0.300. The third kappa shape index (κ3) is 2.70. The molecule has 0 saturated heterocycles. The molecular formula is C10H12N4O5S. The van der Waals surface area contributed by atoms with E-state index in [1.54, 1.807) is 6.92 Å². The third-order valence-corrected chi connectivity index (χ3v) is 3.96. The molecule has 1 unspecified atom stereocenters. The number of carboxylic acid groups (broad SMARTS) is 1. The van der Waals surface area contributed by atoms with Gasteiger partial charge in [-0.05, 0) is 13.8 Å². The van der Waals surface area contributed by atoms with Crippen LogP contribution in [0.25, 0.3) is 0 Å². The van der Waals surface area contributed by atoms with Gasteiger partial charge in [-0.2, -0.15) is 9.82 Å². The first-order chi connectivity index (χ1) is 9.31. The van der Waals surface area contributed by atoms with Crippen LogP contribution in [-0.2, 0) is 10.0 Å². The number of aromatic amines is 1. The highest BCUT2D eigenvalue weighted by molar-refractivity contribution is 7.89. The summed E-state index contributed by atoms with van der Waals surface area (Å²) in [5.41, 5.74) is -0.437. The summed E-state index contributed by atoms with van der Waals surface area (Å²) in [4.78, 5) is 14.8. The number of carboxylic acids is 1. The summed E-state index contributed by atoms with van der Waals surface area (Å²) in [6.07, 6.45) is 2.38. The van der Waals surface area contributed by atoms with Crippen molar-refractivity contribution in [3.8, 4) is 0 Å². The molecule has 0 aliphatic carbocycles. The highest BCUT2D eigenvalue weighted by atomic mass is 32.2. The zero-order valence-electron chi connectivity index (χ0n) is 10.6. The number of oxazole rings is 1. The van der Waals surface area contributed by atoms with E-state index in [0.717, 1.165) is 6.20 Å². The fourth-order valence-corrected chi connectivity index (χ4v) is 2.83. The van der Waals surface area contributed by atoms with Crippen LogP contribution in [0.2, 0.25) is 0 Å². The van der Waals surface area contributed by atoms with E-state index >= 15 is 0 Å². The van der Waals surface area contributed by atoms with Crippen LogP contribution in [0.5, 0.6) is 0 Å². The lowest BCUT2D eigenvalue weighted by Gasteiger charge is -2.10. The van der Waals surface area contributed by atoms with Crippen molar-refractivity contribution >= 4 is 16.0 Å².